The van der Waals surface area contributed by atoms with Crippen LogP contribution in [0.2, 0.25) is 0 Å². The highest BCUT2D eigenvalue weighted by atomic mass is 32.2. The van der Waals surface area contributed by atoms with E-state index in [-0.39, 0.29) is 29.7 Å². The van der Waals surface area contributed by atoms with E-state index in [4.69, 9.17) is 9.84 Å². The van der Waals surface area contributed by atoms with Gasteiger partial charge >= 0.3 is 5.97 Å². The zero-order valence-corrected chi connectivity index (χ0v) is 14.9. The predicted octanol–water partition coefficient (Wildman–Crippen LogP) is 2.15. The van der Waals surface area contributed by atoms with Crippen molar-refractivity contribution in [1.29, 1.82) is 0 Å². The molecule has 3 rings (SSSR count). The summed E-state index contributed by atoms with van der Waals surface area (Å²) in [6, 6.07) is 8.81. The molecule has 1 aromatic carbocycles. The number of ether oxygens (including phenoxy) is 1. The maximum Gasteiger partial charge on any atom is 0.335 e. The third kappa shape index (κ3) is 4.27. The van der Waals surface area contributed by atoms with Gasteiger partial charge in [-0.1, -0.05) is 6.07 Å². The molecule has 1 aliphatic rings. The van der Waals surface area contributed by atoms with Crippen LogP contribution in [0.4, 0.5) is 0 Å². The van der Waals surface area contributed by atoms with Crippen molar-refractivity contribution < 1.29 is 23.1 Å². The highest BCUT2D eigenvalue weighted by Gasteiger charge is 2.29. The van der Waals surface area contributed by atoms with Crippen molar-refractivity contribution in [1.82, 2.24) is 9.29 Å². The number of hydrogen-bond acceptors (Lipinski definition) is 5. The van der Waals surface area contributed by atoms with E-state index >= 15 is 0 Å². The lowest BCUT2D eigenvalue weighted by molar-refractivity contribution is 0.0696. The minimum atomic E-state index is -3.80. The molecule has 138 valence electrons. The van der Waals surface area contributed by atoms with Crippen LogP contribution in [0, 0.1) is 0 Å². The lowest BCUT2D eigenvalue weighted by Gasteiger charge is -2.25. The second kappa shape index (κ2) is 7.94. The van der Waals surface area contributed by atoms with Crippen molar-refractivity contribution >= 4 is 16.0 Å². The molecular formula is C18H20N2O5S. The minimum absolute atomic E-state index is 0.0434. The number of aromatic nitrogens is 1. The first-order valence-corrected chi connectivity index (χ1v) is 9.75. The lowest BCUT2D eigenvalue weighted by Crippen LogP contribution is -2.37. The zero-order valence-electron chi connectivity index (χ0n) is 14.1. The molecule has 8 heteroatoms. The highest BCUT2D eigenvalue weighted by Crippen LogP contribution is 2.22. The number of sulfonamides is 1. The molecule has 2 heterocycles. The van der Waals surface area contributed by atoms with Gasteiger partial charge in [0.25, 0.3) is 0 Å². The first kappa shape index (κ1) is 18.5. The van der Waals surface area contributed by atoms with Crippen molar-refractivity contribution in [3.8, 4) is 0 Å². The van der Waals surface area contributed by atoms with E-state index in [2.05, 4.69) is 4.98 Å². The van der Waals surface area contributed by atoms with Crippen LogP contribution in [0.1, 0.15) is 28.8 Å². The van der Waals surface area contributed by atoms with Gasteiger partial charge < -0.3 is 9.84 Å². The summed E-state index contributed by atoms with van der Waals surface area (Å²) in [6.45, 7) is 1.06. The molecule has 1 atom stereocenters. The van der Waals surface area contributed by atoms with Gasteiger partial charge in [0.05, 0.1) is 16.6 Å². The number of hydrogen-bond donors (Lipinski definition) is 1. The van der Waals surface area contributed by atoms with E-state index < -0.39 is 16.0 Å². The van der Waals surface area contributed by atoms with Crippen LogP contribution in [0.5, 0.6) is 0 Å². The van der Waals surface area contributed by atoms with Crippen LogP contribution in [0.3, 0.4) is 0 Å². The van der Waals surface area contributed by atoms with E-state index in [1.807, 2.05) is 6.07 Å². The van der Waals surface area contributed by atoms with Crippen molar-refractivity contribution in [2.75, 3.05) is 13.2 Å². The average Bonchev–Trinajstić information content (AvgIpc) is 3.15. The van der Waals surface area contributed by atoms with Crippen LogP contribution >= 0.6 is 0 Å². The third-order valence-electron chi connectivity index (χ3n) is 4.25. The Balaban J connectivity index is 1.88. The Bertz CT molecular complexity index is 847. The van der Waals surface area contributed by atoms with Crippen LogP contribution in [0.25, 0.3) is 0 Å². The van der Waals surface area contributed by atoms with Gasteiger partial charge in [0.1, 0.15) is 0 Å². The summed E-state index contributed by atoms with van der Waals surface area (Å²) in [7, 11) is -3.80. The van der Waals surface area contributed by atoms with E-state index in [1.165, 1.54) is 28.6 Å². The van der Waals surface area contributed by atoms with Gasteiger partial charge in [0.15, 0.2) is 0 Å². The molecule has 26 heavy (non-hydrogen) atoms. The number of carbonyl (C=O) groups is 1. The summed E-state index contributed by atoms with van der Waals surface area (Å²) in [5.74, 6) is -1.10. The Morgan fingerprint density at radius 3 is 2.62 bits per heavy atom. The minimum Gasteiger partial charge on any atom is -0.478 e. The second-order valence-corrected chi connectivity index (χ2v) is 8.06. The fourth-order valence-corrected chi connectivity index (χ4v) is 4.34. The Labute approximate surface area is 152 Å². The fourth-order valence-electron chi connectivity index (χ4n) is 2.88. The molecule has 7 nitrogen and oxygen atoms in total. The topological polar surface area (TPSA) is 96.8 Å². The number of carboxylic acid groups (broad SMARTS) is 1. The molecule has 0 spiro atoms. The summed E-state index contributed by atoms with van der Waals surface area (Å²) in [5.41, 5.74) is 0.818. The number of rotatable bonds is 7. The summed E-state index contributed by atoms with van der Waals surface area (Å²) >= 11 is 0. The normalized spacial score (nSPS) is 17.5. The molecule has 0 saturated carbocycles. The monoisotopic (exact) mass is 376 g/mol. The molecule has 0 radical (unpaired) electrons. The Hall–Kier alpha value is -2.29. The molecule has 1 N–H and O–H groups in total. The molecular weight excluding hydrogens is 356 g/mol. The first-order valence-electron chi connectivity index (χ1n) is 8.31. The van der Waals surface area contributed by atoms with Gasteiger partial charge in [-0.2, -0.15) is 4.31 Å². The maximum atomic E-state index is 13.1. The maximum absolute atomic E-state index is 13.1. The van der Waals surface area contributed by atoms with Crippen LogP contribution < -0.4 is 0 Å². The molecule has 1 saturated heterocycles. The quantitative estimate of drug-likeness (QED) is 0.795. The summed E-state index contributed by atoms with van der Waals surface area (Å²) < 4.78 is 33.2. The molecule has 0 unspecified atom stereocenters. The predicted molar refractivity (Wildman–Crippen MR) is 94.2 cm³/mol. The summed E-state index contributed by atoms with van der Waals surface area (Å²) in [4.78, 5) is 15.1. The van der Waals surface area contributed by atoms with E-state index in [0.717, 1.165) is 18.4 Å². The molecule has 0 bridgehead atoms. The summed E-state index contributed by atoms with van der Waals surface area (Å²) in [6.07, 6.45) is 4.86. The van der Waals surface area contributed by atoms with Gasteiger partial charge in [-0.05, 0) is 48.7 Å². The molecule has 1 aromatic heterocycles. The number of benzene rings is 1. The lowest BCUT2D eigenvalue weighted by atomic mass is 10.2. The number of nitrogens with zero attached hydrogens (tertiary/aromatic N) is 2. The number of pyridine rings is 1. The highest BCUT2D eigenvalue weighted by molar-refractivity contribution is 7.89. The molecule has 2 aromatic rings. The Morgan fingerprint density at radius 1 is 1.27 bits per heavy atom. The standard InChI is InChI=1S/C18H20N2O5S/c21-18(22)15-5-7-17(8-6-15)26(23,24)20(13-16-4-2-10-25-16)12-14-3-1-9-19-11-14/h1,3,5-9,11,16H,2,4,10,12-13H2,(H,21,22)/t16-/m1/s1. The largest absolute Gasteiger partial charge is 0.478 e. The van der Waals surface area contributed by atoms with Crippen LogP contribution in [-0.4, -0.2) is 48.0 Å². The zero-order chi connectivity index (χ0) is 18.6. The number of carboxylic acids is 1. The average molecular weight is 376 g/mol. The van der Waals surface area contributed by atoms with Gasteiger partial charge in [0.2, 0.25) is 10.0 Å². The van der Waals surface area contributed by atoms with Crippen molar-refractivity contribution in [3.05, 3.63) is 59.9 Å². The van der Waals surface area contributed by atoms with Gasteiger partial charge in [0, 0.05) is 32.1 Å². The van der Waals surface area contributed by atoms with E-state index in [0.29, 0.717) is 6.61 Å². The number of aromatic carboxylic acids is 1. The molecule has 1 fully saturated rings. The third-order valence-corrected chi connectivity index (χ3v) is 6.08. The molecule has 1 aliphatic heterocycles. The van der Waals surface area contributed by atoms with Gasteiger partial charge in [-0.15, -0.1) is 0 Å². The fraction of sp³-hybridized carbons (Fsp3) is 0.333. The molecule has 0 amide bonds. The van der Waals surface area contributed by atoms with E-state index in [9.17, 15) is 13.2 Å². The van der Waals surface area contributed by atoms with Gasteiger partial charge in [-0.25, -0.2) is 13.2 Å². The smallest absolute Gasteiger partial charge is 0.335 e. The second-order valence-electron chi connectivity index (χ2n) is 6.12. The van der Waals surface area contributed by atoms with Crippen LogP contribution in [0.15, 0.2) is 53.7 Å². The van der Waals surface area contributed by atoms with E-state index in [1.54, 1.807) is 18.5 Å². The Kier molecular flexibility index (Phi) is 5.65. The Morgan fingerprint density at radius 2 is 2.04 bits per heavy atom. The SMILES string of the molecule is O=C(O)c1ccc(S(=O)(=O)N(Cc2cccnc2)C[C@H]2CCCO2)cc1. The van der Waals surface area contributed by atoms with Crippen molar-refractivity contribution in [3.63, 3.8) is 0 Å². The van der Waals surface area contributed by atoms with Crippen molar-refractivity contribution in [2.24, 2.45) is 0 Å². The van der Waals surface area contributed by atoms with Gasteiger partial charge in [-0.3, -0.25) is 4.98 Å². The summed E-state index contributed by atoms with van der Waals surface area (Å²) in [5, 5.41) is 8.99. The van der Waals surface area contributed by atoms with Crippen molar-refractivity contribution in [2.45, 2.75) is 30.4 Å². The first-order chi connectivity index (χ1) is 12.5. The van der Waals surface area contributed by atoms with Crippen LogP contribution in [-0.2, 0) is 21.3 Å². The molecule has 0 aliphatic carbocycles.